The van der Waals surface area contributed by atoms with Crippen LogP contribution in [0.5, 0.6) is 0 Å². The van der Waals surface area contributed by atoms with Crippen LogP contribution in [0.25, 0.3) is 31.3 Å². The van der Waals surface area contributed by atoms with Crippen LogP contribution in [0.15, 0.2) is 15.3 Å². The molecule has 0 aromatic rings. The number of azide groups is 3. The zero-order chi connectivity index (χ0) is 16.4. The van der Waals surface area contributed by atoms with Gasteiger partial charge in [0.15, 0.2) is 0 Å². The summed E-state index contributed by atoms with van der Waals surface area (Å²) in [5.74, 6) is -0.547. The van der Waals surface area contributed by atoms with E-state index < -0.39 is 15.7 Å². The predicted octanol–water partition coefficient (Wildman–Crippen LogP) is 3.62. The van der Waals surface area contributed by atoms with Crippen LogP contribution in [0.3, 0.4) is 0 Å². The second-order valence-electron chi connectivity index (χ2n) is 4.72. The van der Waals surface area contributed by atoms with Crippen LogP contribution in [0.2, 0.25) is 0 Å². The van der Waals surface area contributed by atoms with Gasteiger partial charge in [0.2, 0.25) is 0 Å². The minimum Gasteiger partial charge on any atom is -0.464 e. The average Bonchev–Trinajstić information content (AvgIpc) is 2.44. The third-order valence-electron chi connectivity index (χ3n) is 2.40. The summed E-state index contributed by atoms with van der Waals surface area (Å²) in [6.45, 7) is 2.57. The number of hydrogen-bond donors (Lipinski definition) is 0. The predicted molar refractivity (Wildman–Crippen MR) is 78.4 cm³/mol. The van der Waals surface area contributed by atoms with E-state index in [0.717, 1.165) is 0 Å². The van der Waals surface area contributed by atoms with Crippen molar-refractivity contribution in [3.05, 3.63) is 31.3 Å². The summed E-state index contributed by atoms with van der Waals surface area (Å²) in [4.78, 5) is 19.6. The number of esters is 1. The van der Waals surface area contributed by atoms with Crippen molar-refractivity contribution >= 4 is 21.9 Å². The molecule has 0 aliphatic carbocycles. The van der Waals surface area contributed by atoms with Crippen molar-refractivity contribution < 1.29 is 9.53 Å². The van der Waals surface area contributed by atoms with Gasteiger partial charge in [-0.2, -0.15) is 0 Å². The van der Waals surface area contributed by atoms with Crippen molar-refractivity contribution in [3.8, 4) is 0 Å². The number of nitrogens with zero attached hydrogens (tertiary/aromatic N) is 9. The number of ether oxygens (including phenoxy) is 1. The number of rotatable bonds is 9. The second kappa shape index (κ2) is 8.93. The number of carbonyl (C=O) groups is 1. The first-order valence-corrected chi connectivity index (χ1v) is 6.49. The third kappa shape index (κ3) is 7.28. The van der Waals surface area contributed by atoms with Gasteiger partial charge in [-0.3, -0.25) is 4.79 Å². The topological polar surface area (TPSA) is 173 Å². The van der Waals surface area contributed by atoms with Gasteiger partial charge >= 0.3 is 5.97 Å². The van der Waals surface area contributed by atoms with Gasteiger partial charge in [0, 0.05) is 39.8 Å². The van der Waals surface area contributed by atoms with Crippen molar-refractivity contribution in [2.24, 2.45) is 20.8 Å². The van der Waals surface area contributed by atoms with Crippen LogP contribution < -0.4 is 0 Å². The first-order valence-electron chi connectivity index (χ1n) is 5.70. The second-order valence-corrected chi connectivity index (χ2v) is 6.70. The van der Waals surface area contributed by atoms with E-state index in [1.165, 1.54) is 0 Å². The van der Waals surface area contributed by atoms with Crippen LogP contribution in [0.4, 0.5) is 0 Å². The molecular weight excluding hydrogens is 346 g/mol. The van der Waals surface area contributed by atoms with E-state index in [0.29, 0.717) is 0 Å². The largest absolute Gasteiger partial charge is 0.464 e. The minimum absolute atomic E-state index is 0.141. The maximum absolute atomic E-state index is 11.8. The fraction of sp³-hybridized carbons (Fsp3) is 0.889. The zero-order valence-electron chi connectivity index (χ0n) is 11.5. The lowest BCUT2D eigenvalue weighted by Gasteiger charge is -2.29. The maximum atomic E-state index is 11.8. The Kier molecular flexibility index (Phi) is 8.03. The van der Waals surface area contributed by atoms with Crippen molar-refractivity contribution in [1.82, 2.24) is 0 Å². The molecule has 0 saturated heterocycles. The summed E-state index contributed by atoms with van der Waals surface area (Å²) in [5, 5.41) is 10.2. The molecule has 0 spiro atoms. The number of halogens is 1. The molecule has 0 aromatic heterocycles. The number of carbonyl (C=O) groups excluding carboxylic acids is 1. The van der Waals surface area contributed by atoms with Crippen molar-refractivity contribution in [3.63, 3.8) is 0 Å². The Hall–Kier alpha value is -2.12. The molecule has 11 nitrogen and oxygen atoms in total. The van der Waals surface area contributed by atoms with Gasteiger partial charge in [-0.15, -0.1) is 0 Å². The highest BCUT2D eigenvalue weighted by Gasteiger charge is 2.33. The number of hydrogen-bond acceptors (Lipinski definition) is 5. The highest BCUT2D eigenvalue weighted by atomic mass is 79.9. The molecule has 12 heteroatoms. The fourth-order valence-corrected chi connectivity index (χ4v) is 1.34. The normalized spacial score (nSPS) is 12.9. The molecule has 114 valence electrons. The summed E-state index contributed by atoms with van der Waals surface area (Å²) < 4.78 is 4.23. The molecule has 0 N–H and O–H groups in total. The van der Waals surface area contributed by atoms with E-state index in [1.54, 1.807) is 13.8 Å². The molecule has 0 unspecified atom stereocenters. The minimum atomic E-state index is -1.07. The Bertz CT molecular complexity index is 459. The SMILES string of the molecule is CC(C)(Br)C(=O)OCC(CN=[N+]=[N-])(CN=[N+]=[N-])CN=[N+]=[N-]. The molecule has 0 aliphatic heterocycles. The molecule has 0 heterocycles. The maximum Gasteiger partial charge on any atom is 0.322 e. The highest BCUT2D eigenvalue weighted by molar-refractivity contribution is 9.10. The molecule has 0 atom stereocenters. The van der Waals surface area contributed by atoms with Crippen LogP contribution in [-0.4, -0.2) is 36.5 Å². The van der Waals surface area contributed by atoms with Crippen molar-refractivity contribution in [1.29, 1.82) is 0 Å². The molecule has 0 aliphatic rings. The average molecular weight is 360 g/mol. The van der Waals surface area contributed by atoms with E-state index >= 15 is 0 Å². The Morgan fingerprint density at radius 1 is 1.05 bits per heavy atom. The molecule has 0 saturated carbocycles. The van der Waals surface area contributed by atoms with Gasteiger partial charge in [0.25, 0.3) is 0 Å². The summed E-state index contributed by atoms with van der Waals surface area (Å²) in [7, 11) is 0. The molecular formula is C9H14BrN9O2. The smallest absolute Gasteiger partial charge is 0.322 e. The molecule has 0 bridgehead atoms. The Morgan fingerprint density at radius 3 is 1.71 bits per heavy atom. The van der Waals surface area contributed by atoms with E-state index in [4.69, 9.17) is 21.3 Å². The summed E-state index contributed by atoms with van der Waals surface area (Å²) in [6, 6.07) is 0. The van der Waals surface area contributed by atoms with Crippen LogP contribution >= 0.6 is 15.9 Å². The third-order valence-corrected chi connectivity index (χ3v) is 2.73. The Morgan fingerprint density at radius 2 is 1.43 bits per heavy atom. The van der Waals surface area contributed by atoms with E-state index in [1.807, 2.05) is 0 Å². The first kappa shape index (κ1) is 18.9. The lowest BCUT2D eigenvalue weighted by molar-refractivity contribution is -0.148. The van der Waals surface area contributed by atoms with Gasteiger partial charge < -0.3 is 4.74 Å². The summed E-state index contributed by atoms with van der Waals surface area (Å²) in [6.07, 6.45) is 0. The van der Waals surface area contributed by atoms with Gasteiger partial charge in [0.05, 0.1) is 6.61 Å². The Balaban J connectivity index is 5.21. The summed E-state index contributed by atoms with van der Waals surface area (Å²) in [5.41, 5.74) is 24.2. The van der Waals surface area contributed by atoms with Gasteiger partial charge in [-0.05, 0) is 30.4 Å². The lowest BCUT2D eigenvalue weighted by Crippen LogP contribution is -2.39. The lowest BCUT2D eigenvalue weighted by atomic mass is 9.89. The zero-order valence-corrected chi connectivity index (χ0v) is 13.1. The van der Waals surface area contributed by atoms with Crippen molar-refractivity contribution in [2.45, 2.75) is 18.2 Å². The highest BCUT2D eigenvalue weighted by Crippen LogP contribution is 2.24. The van der Waals surface area contributed by atoms with Gasteiger partial charge in [-0.25, -0.2) is 0 Å². The Labute approximate surface area is 128 Å². The summed E-state index contributed by atoms with van der Waals surface area (Å²) >= 11 is 3.15. The van der Waals surface area contributed by atoms with E-state index in [2.05, 4.69) is 46.0 Å². The van der Waals surface area contributed by atoms with Crippen LogP contribution in [-0.2, 0) is 9.53 Å². The number of alkyl halides is 1. The quantitative estimate of drug-likeness (QED) is 0.201. The van der Waals surface area contributed by atoms with Gasteiger partial charge in [0.1, 0.15) is 4.32 Å². The van der Waals surface area contributed by atoms with Crippen molar-refractivity contribution in [2.75, 3.05) is 26.2 Å². The van der Waals surface area contributed by atoms with E-state index in [-0.39, 0.29) is 26.2 Å². The molecule has 0 rings (SSSR count). The van der Waals surface area contributed by atoms with E-state index in [9.17, 15) is 4.79 Å². The molecule has 0 fully saturated rings. The molecule has 0 radical (unpaired) electrons. The monoisotopic (exact) mass is 359 g/mol. The molecule has 0 aromatic carbocycles. The van der Waals surface area contributed by atoms with Crippen LogP contribution in [0, 0.1) is 5.41 Å². The molecule has 0 amide bonds. The standard InChI is InChI=1S/C9H14BrN9O2/c1-8(2,10)7(20)21-6-9(3-14-17-11,4-15-18-12)5-16-19-13/h3-6H2,1-2H3. The molecule has 21 heavy (non-hydrogen) atoms. The van der Waals surface area contributed by atoms with Crippen LogP contribution in [0.1, 0.15) is 13.8 Å². The first-order chi connectivity index (χ1) is 9.81. The van der Waals surface area contributed by atoms with Gasteiger partial charge in [-0.1, -0.05) is 31.3 Å². The fourth-order valence-electron chi connectivity index (χ4n) is 1.22.